The van der Waals surface area contributed by atoms with Gasteiger partial charge >= 0.3 is 11.4 Å². The minimum absolute atomic E-state index is 0.711. The van der Waals surface area contributed by atoms with Gasteiger partial charge in [0, 0.05) is 0 Å². The first-order chi connectivity index (χ1) is 4.04. The third-order valence-electron chi connectivity index (χ3n) is 0.521. The molecule has 2 unspecified atom stereocenters. The molecule has 54 valence electrons. The van der Waals surface area contributed by atoms with E-state index in [1.807, 2.05) is 0 Å². The third-order valence-corrected chi connectivity index (χ3v) is 0.868. The first kappa shape index (κ1) is 8.70. The molecular formula is C3H6O5S. The zero-order valence-electron chi connectivity index (χ0n) is 4.60. The summed E-state index contributed by atoms with van der Waals surface area (Å²) in [5, 5.41) is 8.37. The van der Waals surface area contributed by atoms with E-state index in [-0.39, 0.29) is 0 Å². The molecule has 0 fully saturated rings. The van der Waals surface area contributed by atoms with Gasteiger partial charge in [-0.3, -0.25) is 9.35 Å². The third kappa shape index (κ3) is 4.22. The maximum atomic E-state index is 10.1. The zero-order valence-corrected chi connectivity index (χ0v) is 5.42. The molecule has 0 saturated carbocycles. The van der Waals surface area contributed by atoms with E-state index >= 15 is 0 Å². The molecule has 0 saturated heterocycles. The number of rotatable bonds is 3. The molecule has 0 bridgehead atoms. The fraction of sp³-hybridized carbons (Fsp3) is 0.667. The van der Waals surface area contributed by atoms with Gasteiger partial charge in [-0.05, 0) is 6.92 Å². The number of aliphatic hydroxyl groups excluding tert-OH is 1. The summed E-state index contributed by atoms with van der Waals surface area (Å²) < 4.78 is 21.3. The minimum Gasteiger partial charge on any atom is -0.361 e. The molecule has 0 aliphatic rings. The van der Waals surface area contributed by atoms with E-state index in [4.69, 9.17) is 9.66 Å². The number of ketones is 1. The summed E-state index contributed by atoms with van der Waals surface area (Å²) in [6, 6.07) is 0. The van der Waals surface area contributed by atoms with E-state index in [0.29, 0.717) is 0 Å². The van der Waals surface area contributed by atoms with Gasteiger partial charge in [-0.25, -0.2) is 4.18 Å². The zero-order chi connectivity index (χ0) is 7.44. The van der Waals surface area contributed by atoms with Crippen LogP contribution in [-0.4, -0.2) is 25.9 Å². The van der Waals surface area contributed by atoms with Crippen molar-refractivity contribution in [2.24, 2.45) is 0 Å². The normalized spacial score (nSPS) is 16.8. The summed E-state index contributed by atoms with van der Waals surface area (Å²) in [7, 11) is 0. The van der Waals surface area contributed by atoms with Crippen molar-refractivity contribution < 1.29 is 22.8 Å². The van der Waals surface area contributed by atoms with Crippen molar-refractivity contribution in [1.82, 2.24) is 0 Å². The van der Waals surface area contributed by atoms with Gasteiger partial charge < -0.3 is 5.11 Å². The summed E-state index contributed by atoms with van der Waals surface area (Å²) in [6.07, 6.45) is -1.80. The Morgan fingerprint density at radius 3 is 2.33 bits per heavy atom. The van der Waals surface area contributed by atoms with Gasteiger partial charge in [0.1, 0.15) is 0 Å². The molecular weight excluding hydrogens is 148 g/mol. The standard InChI is InChI=1S/C3H6O5S/c1-2(4)3(5)8-9(6)7/h3,5H,1H3,(H,6,7). The summed E-state index contributed by atoms with van der Waals surface area (Å²) in [6.45, 7) is 1.04. The number of Topliss-reactive ketones (excluding diaryl/α,β-unsaturated/α-hetero) is 1. The van der Waals surface area contributed by atoms with Crippen LogP contribution in [0.2, 0.25) is 0 Å². The molecule has 0 aromatic heterocycles. The van der Waals surface area contributed by atoms with E-state index in [0.717, 1.165) is 6.92 Å². The minimum atomic E-state index is -2.59. The highest BCUT2D eigenvalue weighted by atomic mass is 32.2. The van der Waals surface area contributed by atoms with Crippen LogP contribution in [0.25, 0.3) is 0 Å². The lowest BCUT2D eigenvalue weighted by atomic mass is 10.4. The Hall–Kier alpha value is -0.300. The van der Waals surface area contributed by atoms with Crippen molar-refractivity contribution in [2.75, 3.05) is 0 Å². The van der Waals surface area contributed by atoms with Gasteiger partial charge in [0.15, 0.2) is 5.78 Å². The molecule has 0 aromatic carbocycles. The Kier molecular flexibility index (Phi) is 3.55. The predicted molar refractivity (Wildman–Crippen MR) is 28.5 cm³/mol. The van der Waals surface area contributed by atoms with Crippen molar-refractivity contribution in [1.29, 1.82) is 0 Å². The van der Waals surface area contributed by atoms with Crippen molar-refractivity contribution >= 4 is 17.1 Å². The highest BCUT2D eigenvalue weighted by molar-refractivity contribution is 7.74. The van der Waals surface area contributed by atoms with Crippen molar-refractivity contribution in [2.45, 2.75) is 13.2 Å². The topological polar surface area (TPSA) is 83.8 Å². The molecule has 9 heavy (non-hydrogen) atoms. The van der Waals surface area contributed by atoms with Crippen LogP contribution < -0.4 is 0 Å². The van der Waals surface area contributed by atoms with E-state index < -0.39 is 23.4 Å². The average Bonchev–Trinajstić information content (AvgIpc) is 1.63. The smallest absolute Gasteiger partial charge is 0.304 e. The highest BCUT2D eigenvalue weighted by Gasteiger charge is 2.12. The maximum Gasteiger partial charge on any atom is 0.304 e. The molecule has 0 aromatic rings. The van der Waals surface area contributed by atoms with Crippen LogP contribution in [0.4, 0.5) is 0 Å². The molecule has 0 amide bonds. The van der Waals surface area contributed by atoms with Gasteiger partial charge in [0.25, 0.3) is 0 Å². The number of aliphatic hydroxyl groups is 1. The van der Waals surface area contributed by atoms with Crippen LogP contribution in [0.3, 0.4) is 0 Å². The van der Waals surface area contributed by atoms with E-state index in [1.165, 1.54) is 0 Å². The van der Waals surface area contributed by atoms with E-state index in [2.05, 4.69) is 4.18 Å². The van der Waals surface area contributed by atoms with Crippen LogP contribution in [-0.2, 0) is 20.3 Å². The summed E-state index contributed by atoms with van der Waals surface area (Å²) in [4.78, 5) is 10.1. The Labute approximate surface area is 54.1 Å². The molecule has 0 radical (unpaired) electrons. The van der Waals surface area contributed by atoms with Gasteiger partial charge in [-0.1, -0.05) is 0 Å². The fourth-order valence-electron chi connectivity index (χ4n) is 0.146. The Morgan fingerprint density at radius 1 is 1.78 bits per heavy atom. The molecule has 0 heterocycles. The van der Waals surface area contributed by atoms with Crippen LogP contribution in [0.15, 0.2) is 0 Å². The molecule has 2 atom stereocenters. The highest BCUT2D eigenvalue weighted by Crippen LogP contribution is 1.89. The second kappa shape index (κ2) is 3.67. The SMILES string of the molecule is CC(=O)C(O)OS(=O)O. The average molecular weight is 154 g/mol. The fourth-order valence-corrected chi connectivity index (χ4v) is 0.437. The van der Waals surface area contributed by atoms with Crippen molar-refractivity contribution in [3.63, 3.8) is 0 Å². The van der Waals surface area contributed by atoms with Gasteiger partial charge in [-0.2, -0.15) is 4.21 Å². The van der Waals surface area contributed by atoms with Crippen LogP contribution >= 0.6 is 0 Å². The quantitative estimate of drug-likeness (QED) is 0.404. The maximum absolute atomic E-state index is 10.1. The largest absolute Gasteiger partial charge is 0.361 e. The second-order valence-electron chi connectivity index (χ2n) is 1.28. The van der Waals surface area contributed by atoms with E-state index in [1.54, 1.807) is 0 Å². The number of hydrogen-bond acceptors (Lipinski definition) is 4. The lowest BCUT2D eigenvalue weighted by Crippen LogP contribution is -2.21. The Morgan fingerprint density at radius 2 is 2.22 bits per heavy atom. The Bertz CT molecular complexity index is 132. The lowest BCUT2D eigenvalue weighted by molar-refractivity contribution is -0.138. The summed E-state index contributed by atoms with van der Waals surface area (Å²) >= 11 is -2.59. The molecule has 0 rings (SSSR count). The molecule has 0 spiro atoms. The summed E-state index contributed by atoms with van der Waals surface area (Å²) in [5.74, 6) is -0.711. The van der Waals surface area contributed by atoms with Gasteiger partial charge in [-0.15, -0.1) is 0 Å². The number of hydrogen-bond donors (Lipinski definition) is 2. The number of carbonyl (C=O) groups is 1. The predicted octanol–water partition coefficient (Wildman–Crippen LogP) is -0.953. The van der Waals surface area contributed by atoms with Crippen LogP contribution in [0.5, 0.6) is 0 Å². The second-order valence-corrected chi connectivity index (χ2v) is 1.90. The summed E-state index contributed by atoms with van der Waals surface area (Å²) in [5.41, 5.74) is 0. The van der Waals surface area contributed by atoms with Gasteiger partial charge in [0.2, 0.25) is 6.29 Å². The van der Waals surface area contributed by atoms with Crippen molar-refractivity contribution in [3.8, 4) is 0 Å². The first-order valence-electron chi connectivity index (χ1n) is 2.00. The molecule has 2 N–H and O–H groups in total. The first-order valence-corrected chi connectivity index (χ1v) is 3.03. The van der Waals surface area contributed by atoms with Crippen molar-refractivity contribution in [3.05, 3.63) is 0 Å². The molecule has 5 nitrogen and oxygen atoms in total. The Balaban J connectivity index is 3.63. The molecule has 6 heteroatoms. The monoisotopic (exact) mass is 154 g/mol. The molecule has 0 aliphatic heterocycles. The van der Waals surface area contributed by atoms with Gasteiger partial charge in [0.05, 0.1) is 0 Å². The lowest BCUT2D eigenvalue weighted by Gasteiger charge is -2.01. The van der Waals surface area contributed by atoms with Crippen LogP contribution in [0.1, 0.15) is 6.92 Å². The van der Waals surface area contributed by atoms with Crippen LogP contribution in [0, 0.1) is 0 Å². The number of carbonyl (C=O) groups excluding carboxylic acids is 1. The molecule has 0 aliphatic carbocycles. The van der Waals surface area contributed by atoms with E-state index in [9.17, 15) is 9.00 Å².